The van der Waals surface area contributed by atoms with Crippen LogP contribution in [0, 0.1) is 0 Å². The van der Waals surface area contributed by atoms with Gasteiger partial charge in [0.1, 0.15) is 0 Å². The first-order valence-electron chi connectivity index (χ1n) is 6.57. The van der Waals surface area contributed by atoms with Crippen LogP contribution >= 0.6 is 0 Å². The minimum atomic E-state index is -4.42. The third kappa shape index (κ3) is 2.73. The number of amides is 2. The summed E-state index contributed by atoms with van der Waals surface area (Å²) in [4.78, 5) is 24.1. The normalized spacial score (nSPS) is 14.7. The first kappa shape index (κ1) is 15.0. The van der Waals surface area contributed by atoms with Crippen molar-refractivity contribution >= 4 is 18.0 Å². The van der Waals surface area contributed by atoms with Crippen molar-refractivity contribution in [1.82, 2.24) is 5.01 Å². The molecule has 116 valence electrons. The average Bonchev–Trinajstić information content (AvgIpc) is 2.77. The van der Waals surface area contributed by atoms with Gasteiger partial charge in [0, 0.05) is 0 Å². The predicted molar refractivity (Wildman–Crippen MR) is 76.0 cm³/mol. The van der Waals surface area contributed by atoms with Crippen LogP contribution in [0.3, 0.4) is 0 Å². The molecular weight excluding hydrogens is 309 g/mol. The predicted octanol–water partition coefficient (Wildman–Crippen LogP) is 3.34. The Kier molecular flexibility index (Phi) is 3.48. The van der Waals surface area contributed by atoms with Gasteiger partial charge in [-0.25, -0.2) is 0 Å². The molecule has 0 saturated carbocycles. The van der Waals surface area contributed by atoms with Crippen LogP contribution in [0.15, 0.2) is 53.6 Å². The molecule has 4 nitrogen and oxygen atoms in total. The molecule has 0 bridgehead atoms. The van der Waals surface area contributed by atoms with Crippen molar-refractivity contribution in [1.29, 1.82) is 0 Å². The van der Waals surface area contributed by atoms with Crippen molar-refractivity contribution in [3.8, 4) is 0 Å². The van der Waals surface area contributed by atoms with E-state index in [1.54, 1.807) is 12.1 Å². The molecule has 7 heteroatoms. The summed E-state index contributed by atoms with van der Waals surface area (Å²) >= 11 is 0. The van der Waals surface area contributed by atoms with Gasteiger partial charge in [0.05, 0.1) is 22.9 Å². The van der Waals surface area contributed by atoms with Crippen LogP contribution in [-0.2, 0) is 6.18 Å². The van der Waals surface area contributed by atoms with Crippen molar-refractivity contribution < 1.29 is 22.8 Å². The zero-order valence-corrected chi connectivity index (χ0v) is 11.5. The van der Waals surface area contributed by atoms with Gasteiger partial charge in [-0.3, -0.25) is 9.59 Å². The second-order valence-corrected chi connectivity index (χ2v) is 4.83. The van der Waals surface area contributed by atoms with E-state index in [9.17, 15) is 22.8 Å². The fraction of sp³-hybridized carbons (Fsp3) is 0.0625. The molecule has 0 radical (unpaired) electrons. The number of fused-ring (bicyclic) bond motifs is 1. The molecule has 0 unspecified atom stereocenters. The third-order valence-corrected chi connectivity index (χ3v) is 3.33. The lowest BCUT2D eigenvalue weighted by atomic mass is 10.1. The monoisotopic (exact) mass is 318 g/mol. The van der Waals surface area contributed by atoms with E-state index in [4.69, 9.17) is 0 Å². The maximum atomic E-state index is 12.5. The van der Waals surface area contributed by atoms with Gasteiger partial charge in [-0.1, -0.05) is 24.3 Å². The number of imide groups is 1. The molecule has 2 amide bonds. The third-order valence-electron chi connectivity index (χ3n) is 3.33. The molecule has 1 aliphatic heterocycles. The highest BCUT2D eigenvalue weighted by atomic mass is 19.4. The SMILES string of the molecule is O=C1c2ccccc2C(=O)N1/N=C\c1ccc(C(F)(F)F)cc1. The number of hydrazone groups is 1. The Labute approximate surface area is 128 Å². The van der Waals surface area contributed by atoms with Gasteiger partial charge in [-0.2, -0.15) is 23.3 Å². The molecule has 0 N–H and O–H groups in total. The number of hydrogen-bond acceptors (Lipinski definition) is 3. The number of benzene rings is 2. The summed E-state index contributed by atoms with van der Waals surface area (Å²) in [5.74, 6) is -1.12. The summed E-state index contributed by atoms with van der Waals surface area (Å²) < 4.78 is 37.4. The summed E-state index contributed by atoms with van der Waals surface area (Å²) in [6.45, 7) is 0. The van der Waals surface area contributed by atoms with Gasteiger partial charge in [0.25, 0.3) is 11.8 Å². The first-order chi connectivity index (χ1) is 10.9. The molecule has 3 rings (SSSR count). The minimum Gasteiger partial charge on any atom is -0.267 e. The van der Waals surface area contributed by atoms with Gasteiger partial charge in [-0.05, 0) is 29.8 Å². The van der Waals surface area contributed by atoms with Gasteiger partial charge >= 0.3 is 6.18 Å². The number of hydrogen-bond donors (Lipinski definition) is 0. The second kappa shape index (κ2) is 5.35. The van der Waals surface area contributed by atoms with Crippen molar-refractivity contribution in [3.05, 3.63) is 70.8 Å². The second-order valence-electron chi connectivity index (χ2n) is 4.83. The van der Waals surface area contributed by atoms with Crippen molar-refractivity contribution in [2.75, 3.05) is 0 Å². The van der Waals surface area contributed by atoms with Crippen LogP contribution in [0.5, 0.6) is 0 Å². The Bertz CT molecular complexity index is 776. The fourth-order valence-corrected chi connectivity index (χ4v) is 2.16. The van der Waals surface area contributed by atoms with Crippen LogP contribution in [-0.4, -0.2) is 23.0 Å². The van der Waals surface area contributed by atoms with E-state index in [0.717, 1.165) is 12.1 Å². The maximum Gasteiger partial charge on any atom is 0.416 e. The van der Waals surface area contributed by atoms with E-state index < -0.39 is 23.6 Å². The molecule has 0 fully saturated rings. The van der Waals surface area contributed by atoms with Crippen LogP contribution in [0.4, 0.5) is 13.2 Å². The number of carbonyl (C=O) groups is 2. The van der Waals surface area contributed by atoms with E-state index in [0.29, 0.717) is 10.6 Å². The Balaban J connectivity index is 1.82. The number of rotatable bonds is 2. The molecule has 2 aromatic rings. The topological polar surface area (TPSA) is 49.7 Å². The quantitative estimate of drug-likeness (QED) is 0.630. The molecular formula is C16H9F3N2O2. The molecule has 0 atom stereocenters. The zero-order chi connectivity index (χ0) is 16.6. The van der Waals surface area contributed by atoms with E-state index in [2.05, 4.69) is 5.10 Å². The van der Waals surface area contributed by atoms with E-state index in [1.807, 2.05) is 0 Å². The Morgan fingerprint density at radius 1 is 0.870 bits per heavy atom. The van der Waals surface area contributed by atoms with Gasteiger partial charge in [0.15, 0.2) is 0 Å². The molecule has 23 heavy (non-hydrogen) atoms. The van der Waals surface area contributed by atoms with Gasteiger partial charge in [-0.15, -0.1) is 0 Å². The average molecular weight is 318 g/mol. The van der Waals surface area contributed by atoms with Crippen molar-refractivity contribution in [2.24, 2.45) is 5.10 Å². The van der Waals surface area contributed by atoms with Gasteiger partial charge in [0.2, 0.25) is 0 Å². The summed E-state index contributed by atoms with van der Waals surface area (Å²) in [5.41, 5.74) is 0.0640. The van der Waals surface area contributed by atoms with Crippen molar-refractivity contribution in [3.63, 3.8) is 0 Å². The van der Waals surface area contributed by atoms with Crippen LogP contribution in [0.2, 0.25) is 0 Å². The minimum absolute atomic E-state index is 0.252. The zero-order valence-electron chi connectivity index (χ0n) is 11.5. The first-order valence-corrected chi connectivity index (χ1v) is 6.57. The number of halogens is 3. The Morgan fingerprint density at radius 3 is 1.87 bits per heavy atom. The number of alkyl halides is 3. The standard InChI is InChI=1S/C16H9F3N2O2/c17-16(18,19)11-7-5-10(6-8-11)9-20-21-14(22)12-3-1-2-4-13(12)15(21)23/h1-9H/b20-9-. The lowest BCUT2D eigenvalue weighted by Crippen LogP contribution is -2.24. The lowest BCUT2D eigenvalue weighted by Gasteiger charge is -2.07. The summed E-state index contributed by atoms with van der Waals surface area (Å²) in [6.07, 6.45) is -3.25. The van der Waals surface area contributed by atoms with Crippen LogP contribution in [0.1, 0.15) is 31.8 Å². The molecule has 1 heterocycles. The lowest BCUT2D eigenvalue weighted by molar-refractivity contribution is -0.137. The van der Waals surface area contributed by atoms with Crippen LogP contribution in [0.25, 0.3) is 0 Å². The molecule has 0 aliphatic carbocycles. The summed E-state index contributed by atoms with van der Waals surface area (Å²) in [5, 5.41) is 4.49. The molecule has 1 aliphatic rings. The Morgan fingerprint density at radius 2 is 1.39 bits per heavy atom. The Hall–Kier alpha value is -2.96. The van der Waals surface area contributed by atoms with Gasteiger partial charge < -0.3 is 0 Å². The molecule has 0 spiro atoms. The van der Waals surface area contributed by atoms with Crippen LogP contribution < -0.4 is 0 Å². The smallest absolute Gasteiger partial charge is 0.267 e. The number of nitrogens with zero attached hydrogens (tertiary/aromatic N) is 2. The molecule has 0 saturated heterocycles. The molecule has 0 aromatic heterocycles. The highest BCUT2D eigenvalue weighted by molar-refractivity contribution is 6.21. The van der Waals surface area contributed by atoms with Crippen molar-refractivity contribution in [2.45, 2.75) is 6.18 Å². The largest absolute Gasteiger partial charge is 0.416 e. The van der Waals surface area contributed by atoms with E-state index in [-0.39, 0.29) is 11.1 Å². The summed E-state index contributed by atoms with van der Waals surface area (Å²) in [7, 11) is 0. The van der Waals surface area contributed by atoms with E-state index >= 15 is 0 Å². The highest BCUT2D eigenvalue weighted by Gasteiger charge is 2.35. The van der Waals surface area contributed by atoms with E-state index in [1.165, 1.54) is 30.5 Å². The maximum absolute atomic E-state index is 12.5. The molecule has 2 aromatic carbocycles. The summed E-state index contributed by atoms with van der Waals surface area (Å²) in [6, 6.07) is 10.5. The highest BCUT2D eigenvalue weighted by Crippen LogP contribution is 2.29. The number of carbonyl (C=O) groups excluding carboxylic acids is 2. The fourth-order valence-electron chi connectivity index (χ4n) is 2.16.